The first-order chi connectivity index (χ1) is 9.58. The third-order valence-electron chi connectivity index (χ3n) is 4.31. The number of hydrogen-bond donors (Lipinski definition) is 0. The molecule has 0 heterocycles. The molecule has 0 N–H and O–H groups in total. The standard InChI is InChI=1S/C17H39N3/c1-7-11-13-20(10-4)16-17(5)18(6)14-15-19(9-3)12-8-2/h17H,7-16H2,1-6H3. The Morgan fingerprint density at radius 2 is 1.40 bits per heavy atom. The molecular formula is C17H39N3. The van der Waals surface area contributed by atoms with Crippen molar-refractivity contribution >= 4 is 0 Å². The van der Waals surface area contributed by atoms with Gasteiger partial charge in [0, 0.05) is 25.7 Å². The molecule has 3 heteroatoms. The second-order valence-electron chi connectivity index (χ2n) is 6.01. The van der Waals surface area contributed by atoms with Crippen LogP contribution in [0.15, 0.2) is 0 Å². The van der Waals surface area contributed by atoms with Gasteiger partial charge in [0.05, 0.1) is 0 Å². The molecular weight excluding hydrogens is 246 g/mol. The highest BCUT2D eigenvalue weighted by Crippen LogP contribution is 2.03. The summed E-state index contributed by atoms with van der Waals surface area (Å²) >= 11 is 0. The lowest BCUT2D eigenvalue weighted by molar-refractivity contribution is 0.156. The van der Waals surface area contributed by atoms with Crippen LogP contribution in [0.5, 0.6) is 0 Å². The Bertz CT molecular complexity index is 208. The van der Waals surface area contributed by atoms with Gasteiger partial charge in [0.15, 0.2) is 0 Å². The average molecular weight is 286 g/mol. The van der Waals surface area contributed by atoms with Crippen molar-refractivity contribution < 1.29 is 0 Å². The first-order valence-corrected chi connectivity index (χ1v) is 8.73. The van der Waals surface area contributed by atoms with Crippen LogP contribution in [0, 0.1) is 0 Å². The van der Waals surface area contributed by atoms with Crippen molar-refractivity contribution in [1.29, 1.82) is 0 Å². The highest BCUT2D eigenvalue weighted by molar-refractivity contribution is 4.70. The predicted molar refractivity (Wildman–Crippen MR) is 91.5 cm³/mol. The quantitative estimate of drug-likeness (QED) is 0.515. The van der Waals surface area contributed by atoms with E-state index >= 15 is 0 Å². The zero-order valence-corrected chi connectivity index (χ0v) is 15.0. The molecule has 20 heavy (non-hydrogen) atoms. The van der Waals surface area contributed by atoms with Crippen LogP contribution >= 0.6 is 0 Å². The van der Waals surface area contributed by atoms with Gasteiger partial charge in [-0.25, -0.2) is 0 Å². The molecule has 0 rings (SSSR count). The lowest BCUT2D eigenvalue weighted by Crippen LogP contribution is -2.43. The second-order valence-corrected chi connectivity index (χ2v) is 6.01. The van der Waals surface area contributed by atoms with E-state index in [0.29, 0.717) is 6.04 Å². The van der Waals surface area contributed by atoms with Gasteiger partial charge in [0.1, 0.15) is 0 Å². The summed E-state index contributed by atoms with van der Waals surface area (Å²) in [5.74, 6) is 0. The maximum atomic E-state index is 2.59. The van der Waals surface area contributed by atoms with E-state index in [4.69, 9.17) is 0 Å². The van der Waals surface area contributed by atoms with Crippen molar-refractivity contribution in [2.75, 3.05) is 52.9 Å². The fourth-order valence-electron chi connectivity index (χ4n) is 2.54. The van der Waals surface area contributed by atoms with Gasteiger partial charge in [-0.3, -0.25) is 0 Å². The molecule has 122 valence electrons. The van der Waals surface area contributed by atoms with Crippen LogP contribution in [0.4, 0.5) is 0 Å². The van der Waals surface area contributed by atoms with Crippen LogP contribution in [0.3, 0.4) is 0 Å². The summed E-state index contributed by atoms with van der Waals surface area (Å²) < 4.78 is 0. The van der Waals surface area contributed by atoms with Gasteiger partial charge < -0.3 is 14.7 Å². The molecule has 0 aliphatic carbocycles. The number of unbranched alkanes of at least 4 members (excludes halogenated alkanes) is 1. The Hall–Kier alpha value is -0.120. The van der Waals surface area contributed by atoms with E-state index in [1.807, 2.05) is 0 Å². The number of rotatable bonds is 13. The summed E-state index contributed by atoms with van der Waals surface area (Å²) in [6.45, 7) is 19.9. The van der Waals surface area contributed by atoms with Crippen molar-refractivity contribution in [3.63, 3.8) is 0 Å². The molecule has 0 radical (unpaired) electrons. The van der Waals surface area contributed by atoms with Gasteiger partial charge in [0.2, 0.25) is 0 Å². The molecule has 0 saturated heterocycles. The summed E-state index contributed by atoms with van der Waals surface area (Å²) in [6.07, 6.45) is 3.88. The molecule has 0 aromatic rings. The van der Waals surface area contributed by atoms with Crippen LogP contribution in [0.2, 0.25) is 0 Å². The minimum atomic E-state index is 0.645. The van der Waals surface area contributed by atoms with Crippen molar-refractivity contribution in [3.05, 3.63) is 0 Å². The maximum absolute atomic E-state index is 2.59. The van der Waals surface area contributed by atoms with Crippen molar-refractivity contribution in [2.24, 2.45) is 0 Å². The predicted octanol–water partition coefficient (Wildman–Crippen LogP) is 3.16. The number of nitrogens with zero attached hydrogens (tertiary/aromatic N) is 3. The monoisotopic (exact) mass is 285 g/mol. The van der Waals surface area contributed by atoms with Gasteiger partial charge in [-0.05, 0) is 53.0 Å². The third-order valence-corrected chi connectivity index (χ3v) is 4.31. The van der Waals surface area contributed by atoms with E-state index < -0.39 is 0 Å². The van der Waals surface area contributed by atoms with Crippen LogP contribution in [-0.2, 0) is 0 Å². The molecule has 0 fully saturated rings. The number of hydrogen-bond acceptors (Lipinski definition) is 3. The van der Waals surface area contributed by atoms with Gasteiger partial charge in [-0.1, -0.05) is 34.1 Å². The zero-order valence-electron chi connectivity index (χ0n) is 15.0. The molecule has 0 amide bonds. The molecule has 0 aromatic carbocycles. The zero-order chi connectivity index (χ0) is 15.4. The van der Waals surface area contributed by atoms with Gasteiger partial charge >= 0.3 is 0 Å². The second kappa shape index (κ2) is 12.6. The largest absolute Gasteiger partial charge is 0.302 e. The summed E-state index contributed by atoms with van der Waals surface area (Å²) in [7, 11) is 2.28. The first-order valence-electron chi connectivity index (χ1n) is 8.73. The van der Waals surface area contributed by atoms with Crippen LogP contribution in [0.1, 0.15) is 53.9 Å². The van der Waals surface area contributed by atoms with E-state index in [1.54, 1.807) is 0 Å². The van der Waals surface area contributed by atoms with E-state index in [0.717, 1.165) is 0 Å². The van der Waals surface area contributed by atoms with Gasteiger partial charge in [0.25, 0.3) is 0 Å². The smallest absolute Gasteiger partial charge is 0.0192 e. The van der Waals surface area contributed by atoms with Crippen LogP contribution in [0.25, 0.3) is 0 Å². The maximum Gasteiger partial charge on any atom is 0.0192 e. The Kier molecular flexibility index (Phi) is 12.5. The molecule has 0 aliphatic heterocycles. The minimum Gasteiger partial charge on any atom is -0.302 e. The molecule has 1 unspecified atom stereocenters. The molecule has 0 bridgehead atoms. The highest BCUT2D eigenvalue weighted by Gasteiger charge is 2.13. The average Bonchev–Trinajstić information content (AvgIpc) is 2.46. The van der Waals surface area contributed by atoms with Gasteiger partial charge in [-0.2, -0.15) is 0 Å². The van der Waals surface area contributed by atoms with Crippen molar-refractivity contribution in [2.45, 2.75) is 59.9 Å². The van der Waals surface area contributed by atoms with Crippen LogP contribution in [-0.4, -0.2) is 73.6 Å². The fourth-order valence-corrected chi connectivity index (χ4v) is 2.54. The van der Waals surface area contributed by atoms with Crippen molar-refractivity contribution in [3.8, 4) is 0 Å². The first kappa shape index (κ1) is 19.9. The summed E-state index contributed by atoms with van der Waals surface area (Å²) in [6, 6.07) is 0.645. The van der Waals surface area contributed by atoms with Crippen molar-refractivity contribution in [1.82, 2.24) is 14.7 Å². The fraction of sp³-hybridized carbons (Fsp3) is 1.00. The molecule has 0 aromatic heterocycles. The van der Waals surface area contributed by atoms with Gasteiger partial charge in [-0.15, -0.1) is 0 Å². The molecule has 3 nitrogen and oxygen atoms in total. The third kappa shape index (κ3) is 8.93. The summed E-state index contributed by atoms with van der Waals surface area (Å²) in [5.41, 5.74) is 0. The lowest BCUT2D eigenvalue weighted by atomic mass is 10.2. The van der Waals surface area contributed by atoms with E-state index in [-0.39, 0.29) is 0 Å². The Labute approximate surface area is 128 Å². The Morgan fingerprint density at radius 3 is 1.90 bits per heavy atom. The summed E-state index contributed by atoms with van der Waals surface area (Å²) in [4.78, 5) is 7.67. The van der Waals surface area contributed by atoms with E-state index in [9.17, 15) is 0 Å². The normalized spacial score (nSPS) is 13.7. The Morgan fingerprint density at radius 1 is 0.750 bits per heavy atom. The van der Waals surface area contributed by atoms with Crippen LogP contribution < -0.4 is 0 Å². The highest BCUT2D eigenvalue weighted by atomic mass is 15.2. The molecule has 0 saturated carbocycles. The number of likely N-dealkylation sites (N-methyl/N-ethyl adjacent to an activating group) is 3. The van der Waals surface area contributed by atoms with E-state index in [1.165, 1.54) is 65.1 Å². The Balaban J connectivity index is 4.02. The minimum absolute atomic E-state index is 0.645. The lowest BCUT2D eigenvalue weighted by Gasteiger charge is -2.32. The topological polar surface area (TPSA) is 9.72 Å². The van der Waals surface area contributed by atoms with E-state index in [2.05, 4.69) is 56.4 Å². The SMILES string of the molecule is CCCCN(CC)CC(C)N(C)CCN(CC)CCC. The molecule has 0 aliphatic rings. The molecule has 1 atom stereocenters. The molecule has 0 spiro atoms. The summed E-state index contributed by atoms with van der Waals surface area (Å²) in [5, 5.41) is 0.